The summed E-state index contributed by atoms with van der Waals surface area (Å²) in [5.74, 6) is 0.581. The molecule has 0 aliphatic heterocycles. The number of halogens is 1. The van der Waals surface area contributed by atoms with E-state index in [0.717, 1.165) is 6.54 Å². The first kappa shape index (κ1) is 11.0. The molecule has 15 heavy (non-hydrogen) atoms. The Kier molecular flexibility index (Phi) is 2.77. The fraction of sp³-hybridized carbons (Fsp3) is 0.545. The lowest BCUT2D eigenvalue weighted by atomic mass is 10.1. The zero-order valence-corrected chi connectivity index (χ0v) is 10.4. The smallest absolute Gasteiger partial charge is 0.262 e. The molecule has 4 heteroatoms. The van der Waals surface area contributed by atoms with Crippen molar-refractivity contribution in [2.75, 3.05) is 6.54 Å². The highest BCUT2D eigenvalue weighted by atomic mass is 35.5. The van der Waals surface area contributed by atoms with E-state index in [1.54, 1.807) is 6.07 Å². The Morgan fingerprint density at radius 1 is 1.73 bits per heavy atom. The Morgan fingerprint density at radius 2 is 2.40 bits per heavy atom. The fourth-order valence-electron chi connectivity index (χ4n) is 1.68. The normalized spacial score (nSPS) is 22.5. The summed E-state index contributed by atoms with van der Waals surface area (Å²) in [6.45, 7) is 5.21. The number of rotatable bonds is 3. The quantitative estimate of drug-likeness (QED) is 0.868. The highest BCUT2D eigenvalue weighted by molar-refractivity contribution is 7.12. The number of thiophene rings is 1. The van der Waals surface area contributed by atoms with E-state index in [0.29, 0.717) is 21.2 Å². The van der Waals surface area contributed by atoms with Crippen LogP contribution in [0.2, 0.25) is 5.02 Å². The van der Waals surface area contributed by atoms with Crippen LogP contribution in [0.5, 0.6) is 0 Å². The Labute approximate surface area is 98.6 Å². The van der Waals surface area contributed by atoms with Crippen LogP contribution in [0.3, 0.4) is 0 Å². The van der Waals surface area contributed by atoms with Gasteiger partial charge in [0.25, 0.3) is 5.91 Å². The van der Waals surface area contributed by atoms with Gasteiger partial charge >= 0.3 is 0 Å². The lowest BCUT2D eigenvalue weighted by Gasteiger charge is -2.05. The summed E-state index contributed by atoms with van der Waals surface area (Å²) in [6, 6.07) is 1.75. The molecule has 1 saturated carbocycles. The molecule has 0 radical (unpaired) electrons. The maximum Gasteiger partial charge on any atom is 0.262 e. The predicted molar refractivity (Wildman–Crippen MR) is 63.6 cm³/mol. The molecule has 2 nitrogen and oxygen atoms in total. The largest absolute Gasteiger partial charge is 0.351 e. The second-order valence-corrected chi connectivity index (χ2v) is 6.02. The Morgan fingerprint density at radius 3 is 2.87 bits per heavy atom. The summed E-state index contributed by atoms with van der Waals surface area (Å²) in [5, 5.41) is 5.31. The Balaban J connectivity index is 1.86. The van der Waals surface area contributed by atoms with Gasteiger partial charge in [-0.1, -0.05) is 25.4 Å². The van der Waals surface area contributed by atoms with Gasteiger partial charge in [-0.25, -0.2) is 0 Å². The maximum atomic E-state index is 11.7. The van der Waals surface area contributed by atoms with Gasteiger partial charge < -0.3 is 5.32 Å². The van der Waals surface area contributed by atoms with E-state index in [1.165, 1.54) is 17.8 Å². The molecule has 1 aliphatic rings. The molecule has 1 atom stereocenters. The lowest BCUT2D eigenvalue weighted by Crippen LogP contribution is -2.26. The van der Waals surface area contributed by atoms with Crippen LogP contribution in [0.25, 0.3) is 0 Å². The summed E-state index contributed by atoms with van der Waals surface area (Å²) in [6.07, 6.45) is 1.20. The minimum Gasteiger partial charge on any atom is -0.351 e. The molecule has 1 aliphatic carbocycles. The van der Waals surface area contributed by atoms with Crippen molar-refractivity contribution in [2.24, 2.45) is 11.3 Å². The van der Waals surface area contributed by atoms with E-state index in [9.17, 15) is 4.79 Å². The Bertz CT molecular complexity index is 386. The van der Waals surface area contributed by atoms with Crippen molar-refractivity contribution in [3.8, 4) is 0 Å². The fourth-order valence-corrected chi connectivity index (χ4v) is 2.73. The summed E-state index contributed by atoms with van der Waals surface area (Å²) in [5.41, 5.74) is 0.409. The van der Waals surface area contributed by atoms with Crippen molar-refractivity contribution in [3.63, 3.8) is 0 Å². The molecule has 1 amide bonds. The predicted octanol–water partition coefficient (Wildman–Crippen LogP) is 3.18. The molecule has 1 aromatic heterocycles. The summed E-state index contributed by atoms with van der Waals surface area (Å²) >= 11 is 7.26. The molecule has 0 saturated heterocycles. The molecule has 0 bridgehead atoms. The van der Waals surface area contributed by atoms with Gasteiger partial charge in [0, 0.05) is 6.54 Å². The first-order valence-corrected chi connectivity index (χ1v) is 6.27. The van der Waals surface area contributed by atoms with Crippen LogP contribution in [0.4, 0.5) is 0 Å². The second-order valence-electron chi connectivity index (χ2n) is 4.70. The number of nitrogens with one attached hydrogen (secondary N) is 1. The molecule has 2 rings (SSSR count). The Hall–Kier alpha value is -0.540. The minimum atomic E-state index is -0.0438. The van der Waals surface area contributed by atoms with E-state index >= 15 is 0 Å². The highest BCUT2D eigenvalue weighted by Gasteiger charge is 2.45. The number of hydrogen-bond acceptors (Lipinski definition) is 2. The molecular formula is C11H14ClNOS. The molecule has 1 N–H and O–H groups in total. The van der Waals surface area contributed by atoms with Crippen molar-refractivity contribution in [1.82, 2.24) is 5.32 Å². The van der Waals surface area contributed by atoms with E-state index < -0.39 is 0 Å². The third kappa shape index (κ3) is 2.34. The van der Waals surface area contributed by atoms with Gasteiger partial charge in [0.05, 0.1) is 5.02 Å². The molecule has 82 valence electrons. The standard InChI is InChI=1S/C11H14ClNOS/c1-11(2)5-7(11)6-13-10(14)9-8(12)3-4-15-9/h3-4,7H,5-6H2,1-2H3,(H,13,14)/t7-/m1/s1. The molecule has 0 unspecified atom stereocenters. The van der Waals surface area contributed by atoms with Crippen LogP contribution in [-0.4, -0.2) is 12.5 Å². The monoisotopic (exact) mass is 243 g/mol. The van der Waals surface area contributed by atoms with Gasteiger partial charge in [-0.3, -0.25) is 4.79 Å². The first-order chi connectivity index (χ1) is 7.00. The SMILES string of the molecule is CC1(C)C[C@@H]1CNC(=O)c1sccc1Cl. The highest BCUT2D eigenvalue weighted by Crippen LogP contribution is 2.51. The van der Waals surface area contributed by atoms with Crippen LogP contribution in [0.1, 0.15) is 29.9 Å². The van der Waals surface area contributed by atoms with Gasteiger partial charge in [-0.15, -0.1) is 11.3 Å². The van der Waals surface area contributed by atoms with Gasteiger partial charge in [-0.2, -0.15) is 0 Å². The van der Waals surface area contributed by atoms with E-state index in [4.69, 9.17) is 11.6 Å². The van der Waals surface area contributed by atoms with Crippen molar-refractivity contribution in [2.45, 2.75) is 20.3 Å². The molecular weight excluding hydrogens is 230 g/mol. The number of carbonyl (C=O) groups excluding carboxylic acids is 1. The van der Waals surface area contributed by atoms with Crippen molar-refractivity contribution >= 4 is 28.8 Å². The second kappa shape index (κ2) is 3.80. The van der Waals surface area contributed by atoms with Crippen LogP contribution in [-0.2, 0) is 0 Å². The third-order valence-corrected chi connectivity index (χ3v) is 4.39. The van der Waals surface area contributed by atoms with Crippen LogP contribution >= 0.6 is 22.9 Å². The third-order valence-electron chi connectivity index (χ3n) is 3.05. The van der Waals surface area contributed by atoms with Gasteiger partial charge in [-0.05, 0) is 29.2 Å². The lowest BCUT2D eigenvalue weighted by molar-refractivity contribution is 0.0955. The van der Waals surface area contributed by atoms with Crippen molar-refractivity contribution in [3.05, 3.63) is 21.3 Å². The molecule has 1 aromatic rings. The van der Waals surface area contributed by atoms with E-state index in [2.05, 4.69) is 19.2 Å². The molecule has 1 heterocycles. The minimum absolute atomic E-state index is 0.0438. The van der Waals surface area contributed by atoms with Crippen molar-refractivity contribution in [1.29, 1.82) is 0 Å². The number of amides is 1. The van der Waals surface area contributed by atoms with Gasteiger partial charge in [0.2, 0.25) is 0 Å². The van der Waals surface area contributed by atoms with Crippen molar-refractivity contribution < 1.29 is 4.79 Å². The first-order valence-electron chi connectivity index (χ1n) is 5.02. The summed E-state index contributed by atoms with van der Waals surface area (Å²) in [4.78, 5) is 12.3. The molecule has 1 fully saturated rings. The number of carbonyl (C=O) groups is 1. The zero-order valence-electron chi connectivity index (χ0n) is 8.84. The molecule has 0 aromatic carbocycles. The summed E-state index contributed by atoms with van der Waals surface area (Å²) < 4.78 is 0. The average Bonchev–Trinajstić information content (AvgIpc) is 2.58. The zero-order chi connectivity index (χ0) is 11.1. The van der Waals surface area contributed by atoms with Crippen LogP contribution < -0.4 is 5.32 Å². The van der Waals surface area contributed by atoms with Crippen LogP contribution in [0.15, 0.2) is 11.4 Å². The molecule has 0 spiro atoms. The van der Waals surface area contributed by atoms with Gasteiger partial charge in [0.1, 0.15) is 4.88 Å². The summed E-state index contributed by atoms with van der Waals surface area (Å²) in [7, 11) is 0. The maximum absolute atomic E-state index is 11.7. The van der Waals surface area contributed by atoms with Crippen LogP contribution in [0, 0.1) is 11.3 Å². The average molecular weight is 244 g/mol. The van der Waals surface area contributed by atoms with Gasteiger partial charge in [0.15, 0.2) is 0 Å². The van der Waals surface area contributed by atoms with E-state index in [-0.39, 0.29) is 5.91 Å². The number of hydrogen-bond donors (Lipinski definition) is 1. The van der Waals surface area contributed by atoms with E-state index in [1.807, 2.05) is 5.38 Å². The topological polar surface area (TPSA) is 29.1 Å².